The van der Waals surface area contributed by atoms with Gasteiger partial charge in [0.2, 0.25) is 11.8 Å². The number of carbonyl (C=O) groups excluding carboxylic acids is 3. The third kappa shape index (κ3) is 6.96. The molecule has 1 spiro atoms. The van der Waals surface area contributed by atoms with Gasteiger partial charge in [-0.05, 0) is 95.0 Å². The van der Waals surface area contributed by atoms with Gasteiger partial charge in [0, 0.05) is 61.2 Å². The number of rotatable bonds is 18. The van der Waals surface area contributed by atoms with Crippen LogP contribution in [-0.4, -0.2) is 96.2 Å². The highest BCUT2D eigenvalue weighted by molar-refractivity contribution is 9.09. The Morgan fingerprint density at radius 2 is 1.52 bits per heavy atom. The van der Waals surface area contributed by atoms with E-state index in [-0.39, 0.29) is 42.2 Å². The maximum absolute atomic E-state index is 15.0. The van der Waals surface area contributed by atoms with E-state index in [0.29, 0.717) is 56.0 Å². The Morgan fingerprint density at radius 3 is 2.08 bits per heavy atom. The molecule has 2 bridgehead atoms. The number of alkyl halides is 1. The largest absolute Gasteiger partial charge is 0.494 e. The normalized spacial score (nSPS) is 24.9. The van der Waals surface area contributed by atoms with Gasteiger partial charge in [-0.25, -0.2) is 0 Å². The minimum absolute atomic E-state index is 0.0524. The van der Waals surface area contributed by atoms with Crippen molar-refractivity contribution in [3.63, 3.8) is 0 Å². The van der Waals surface area contributed by atoms with Crippen molar-refractivity contribution in [1.82, 2.24) is 4.90 Å². The van der Waals surface area contributed by atoms with Gasteiger partial charge in [-0.1, -0.05) is 28.1 Å². The average molecular weight is 752 g/mol. The zero-order valence-corrected chi connectivity index (χ0v) is 31.1. The molecule has 2 aromatic rings. The van der Waals surface area contributed by atoms with Crippen LogP contribution in [0.5, 0.6) is 5.75 Å². The lowest BCUT2D eigenvalue weighted by Crippen LogP contribution is -2.57. The third-order valence-electron chi connectivity index (χ3n) is 10.3. The summed E-state index contributed by atoms with van der Waals surface area (Å²) < 4.78 is 12.4. The van der Waals surface area contributed by atoms with E-state index >= 15 is 0 Å². The topological polar surface area (TPSA) is 103 Å². The van der Waals surface area contributed by atoms with Crippen molar-refractivity contribution in [2.24, 2.45) is 11.8 Å². The van der Waals surface area contributed by atoms with E-state index in [4.69, 9.17) is 9.47 Å². The number of anilines is 3. The molecule has 0 saturated carbocycles. The summed E-state index contributed by atoms with van der Waals surface area (Å²) in [7, 11) is 0. The molecule has 0 aliphatic carbocycles. The summed E-state index contributed by atoms with van der Waals surface area (Å²) in [6, 6.07) is 14.2. The van der Waals surface area contributed by atoms with Crippen LogP contribution in [0, 0.1) is 11.8 Å². The van der Waals surface area contributed by atoms with Crippen molar-refractivity contribution in [2.45, 2.75) is 69.0 Å². The minimum Gasteiger partial charge on any atom is -0.494 e. The number of hydrogen-bond acceptors (Lipinski definition) is 7. The molecule has 10 nitrogen and oxygen atoms in total. The first-order chi connectivity index (χ1) is 24.2. The van der Waals surface area contributed by atoms with Crippen molar-refractivity contribution < 1.29 is 29.0 Å². The van der Waals surface area contributed by atoms with E-state index in [1.165, 1.54) is 0 Å². The molecule has 2 aromatic carbocycles. The summed E-state index contributed by atoms with van der Waals surface area (Å²) in [6.07, 6.45) is 5.06. The lowest BCUT2D eigenvalue weighted by Gasteiger charge is -2.37. The standard InChI is InChI=1S/C39H51BrN4O6/c1-6-22-42(29-18-20-30(21-19-29)49-10-5)36(46)32-33-37(47)44(24-12-11-13-25-45)35(39(33)26-31(40)34(32)50-39)38(48)43(23-7-2)28-16-14-27(15-17-28)41(8-3)9-4/h6-7,14-21,31-35,45H,1-2,8-13,22-26H2,3-5H3/t31?,32-,33-,34-,35?,39?/m0/s1. The molecule has 1 N–H and O–H groups in total. The highest BCUT2D eigenvalue weighted by Crippen LogP contribution is 2.60. The maximum Gasteiger partial charge on any atom is 0.253 e. The Morgan fingerprint density at radius 1 is 0.940 bits per heavy atom. The second-order valence-electron chi connectivity index (χ2n) is 13.1. The second-order valence-corrected chi connectivity index (χ2v) is 14.2. The van der Waals surface area contributed by atoms with Gasteiger partial charge in [0.25, 0.3) is 5.91 Å². The fourth-order valence-corrected chi connectivity index (χ4v) is 9.00. The van der Waals surface area contributed by atoms with Crippen LogP contribution >= 0.6 is 15.9 Å². The zero-order chi connectivity index (χ0) is 36.0. The predicted molar refractivity (Wildman–Crippen MR) is 201 cm³/mol. The fraction of sp³-hybridized carbons (Fsp3) is 0.513. The number of fused-ring (bicyclic) bond motifs is 1. The van der Waals surface area contributed by atoms with E-state index < -0.39 is 29.6 Å². The molecule has 0 radical (unpaired) electrons. The first-order valence-corrected chi connectivity index (χ1v) is 18.8. The average Bonchev–Trinajstić information content (AvgIpc) is 3.72. The van der Waals surface area contributed by atoms with Gasteiger partial charge in [0.15, 0.2) is 0 Å². The first-order valence-electron chi connectivity index (χ1n) is 17.9. The molecule has 0 aromatic heterocycles. The summed E-state index contributed by atoms with van der Waals surface area (Å²) in [6.45, 7) is 17.0. The molecule has 3 aliphatic rings. The number of benzene rings is 2. The van der Waals surface area contributed by atoms with E-state index in [1.54, 1.807) is 26.9 Å². The number of carbonyl (C=O) groups is 3. The van der Waals surface area contributed by atoms with Crippen LogP contribution < -0.4 is 19.4 Å². The number of halogens is 1. The molecule has 6 atom stereocenters. The Labute approximate surface area is 304 Å². The Bertz CT molecular complexity index is 1520. The molecule has 11 heteroatoms. The Kier molecular flexibility index (Phi) is 12.5. The van der Waals surface area contributed by atoms with Crippen molar-refractivity contribution in [1.29, 1.82) is 0 Å². The molecular formula is C39H51BrN4O6. The van der Waals surface area contributed by atoms with Gasteiger partial charge in [0.1, 0.15) is 17.4 Å². The SMILES string of the molecule is C=CCN(C(=O)C1N(CCCCCO)C(=O)[C@@H]2[C@H](C(=O)N(CC=C)c3ccc(OCC)cc3)[C@H]3OC12CC3Br)c1ccc(N(CC)CC)cc1. The maximum atomic E-state index is 15.0. The van der Waals surface area contributed by atoms with Crippen LogP contribution in [0.3, 0.4) is 0 Å². The number of unbranched alkanes of at least 4 members (excludes halogenated alkanes) is 2. The van der Waals surface area contributed by atoms with E-state index in [1.807, 2.05) is 55.5 Å². The van der Waals surface area contributed by atoms with E-state index in [0.717, 1.165) is 18.8 Å². The van der Waals surface area contributed by atoms with Crippen molar-refractivity contribution >= 4 is 50.7 Å². The summed E-state index contributed by atoms with van der Waals surface area (Å²) in [4.78, 5) is 51.3. The Hall–Kier alpha value is -3.67. The predicted octanol–water partition coefficient (Wildman–Crippen LogP) is 5.58. The van der Waals surface area contributed by atoms with Crippen LogP contribution in [0.25, 0.3) is 0 Å². The van der Waals surface area contributed by atoms with Gasteiger partial charge in [0.05, 0.1) is 24.5 Å². The van der Waals surface area contributed by atoms with Crippen LogP contribution in [-0.2, 0) is 19.1 Å². The number of amides is 3. The molecule has 270 valence electrons. The molecular weight excluding hydrogens is 700 g/mol. The van der Waals surface area contributed by atoms with Crippen molar-refractivity contribution in [3.05, 3.63) is 73.8 Å². The quantitative estimate of drug-likeness (QED) is 0.121. The van der Waals surface area contributed by atoms with Crippen LogP contribution in [0.4, 0.5) is 17.1 Å². The summed E-state index contributed by atoms with van der Waals surface area (Å²) in [5.74, 6) is -1.71. The highest BCUT2D eigenvalue weighted by Gasteiger charge is 2.77. The molecule has 3 unspecified atom stereocenters. The first kappa shape index (κ1) is 37.6. The van der Waals surface area contributed by atoms with Crippen LogP contribution in [0.2, 0.25) is 0 Å². The monoisotopic (exact) mass is 750 g/mol. The van der Waals surface area contributed by atoms with E-state index in [2.05, 4.69) is 47.8 Å². The van der Waals surface area contributed by atoms with Crippen molar-refractivity contribution in [2.75, 3.05) is 60.6 Å². The number of aliphatic hydroxyl groups is 1. The molecule has 5 rings (SSSR count). The van der Waals surface area contributed by atoms with Crippen molar-refractivity contribution in [3.8, 4) is 5.75 Å². The minimum atomic E-state index is -1.20. The summed E-state index contributed by atoms with van der Waals surface area (Å²) in [5, 5.41) is 9.43. The van der Waals surface area contributed by atoms with Gasteiger partial charge < -0.3 is 34.2 Å². The molecule has 3 saturated heterocycles. The van der Waals surface area contributed by atoms with E-state index in [9.17, 15) is 19.5 Å². The molecule has 3 fully saturated rings. The lowest BCUT2D eigenvalue weighted by atomic mass is 9.70. The number of likely N-dealkylation sites (tertiary alicyclic amines) is 1. The lowest BCUT2D eigenvalue weighted by molar-refractivity contribution is -0.140. The van der Waals surface area contributed by atoms with Crippen LogP contribution in [0.15, 0.2) is 73.8 Å². The smallest absolute Gasteiger partial charge is 0.253 e. The third-order valence-corrected chi connectivity index (χ3v) is 11.1. The van der Waals surface area contributed by atoms with Gasteiger partial charge in [-0.2, -0.15) is 0 Å². The number of aliphatic hydroxyl groups excluding tert-OH is 1. The van der Waals surface area contributed by atoms with Gasteiger partial charge >= 0.3 is 0 Å². The second kappa shape index (κ2) is 16.6. The van der Waals surface area contributed by atoms with Crippen LogP contribution in [0.1, 0.15) is 46.5 Å². The summed E-state index contributed by atoms with van der Waals surface area (Å²) >= 11 is 3.81. The number of ether oxygens (including phenoxy) is 2. The molecule has 3 aliphatic heterocycles. The number of nitrogens with zero attached hydrogens (tertiary/aromatic N) is 4. The zero-order valence-electron chi connectivity index (χ0n) is 29.5. The number of hydrogen-bond donors (Lipinski definition) is 1. The summed E-state index contributed by atoms with van der Waals surface area (Å²) in [5.41, 5.74) is 1.21. The molecule has 50 heavy (non-hydrogen) atoms. The van der Waals surface area contributed by atoms with Gasteiger partial charge in [-0.3, -0.25) is 14.4 Å². The van der Waals surface area contributed by atoms with Gasteiger partial charge in [-0.15, -0.1) is 13.2 Å². The molecule has 3 amide bonds. The highest BCUT2D eigenvalue weighted by atomic mass is 79.9. The molecule has 3 heterocycles. The fourth-order valence-electron chi connectivity index (χ4n) is 8.05. The Balaban J connectivity index is 1.53.